The van der Waals surface area contributed by atoms with Gasteiger partial charge in [0.05, 0.1) is 11.8 Å². The number of carbonyl (C=O) groups is 2. The number of carbonyl (C=O) groups excluding carboxylic acids is 2. The Hall–Kier alpha value is -3.29. The lowest BCUT2D eigenvalue weighted by molar-refractivity contribution is -0.402. The smallest absolute Gasteiger partial charge is 0.395 e. The molecule has 1 N–H and O–H groups in total. The molecule has 0 spiro atoms. The molecule has 2 heterocycles. The molecule has 1 aromatic heterocycles. The Morgan fingerprint density at radius 2 is 2.12 bits per heavy atom. The standard InChI is InChI=1S/C17H15N3O5/c1-9(2)12-8-15(21)19-13-7-10(3-4-11(12)13)18-17(22)14-5-6-16(25-14)20(23)24/h3-9,11H,1-2H3,(H,19,21). The number of hydrogen-bond donors (Lipinski definition) is 1. The number of aliphatic imine (C=N–C) groups is 1. The molecule has 8 heteroatoms. The number of nitrogens with zero attached hydrogens (tertiary/aromatic N) is 2. The predicted molar refractivity (Wildman–Crippen MR) is 88.9 cm³/mol. The highest BCUT2D eigenvalue weighted by Gasteiger charge is 2.28. The summed E-state index contributed by atoms with van der Waals surface area (Å²) in [7, 11) is 0. The molecule has 2 aliphatic rings. The molecule has 0 saturated carbocycles. The van der Waals surface area contributed by atoms with Gasteiger partial charge in [-0.1, -0.05) is 19.9 Å². The second-order valence-electron chi connectivity index (χ2n) is 5.96. The molecule has 3 rings (SSSR count). The molecule has 0 fully saturated rings. The zero-order chi connectivity index (χ0) is 18.1. The Labute approximate surface area is 142 Å². The summed E-state index contributed by atoms with van der Waals surface area (Å²) < 4.78 is 4.84. The molecule has 0 radical (unpaired) electrons. The van der Waals surface area contributed by atoms with Gasteiger partial charge in [0.15, 0.2) is 0 Å². The van der Waals surface area contributed by atoms with Crippen LogP contribution in [0.1, 0.15) is 24.4 Å². The summed E-state index contributed by atoms with van der Waals surface area (Å²) >= 11 is 0. The zero-order valence-corrected chi connectivity index (χ0v) is 13.6. The number of nitro groups is 1. The van der Waals surface area contributed by atoms with Gasteiger partial charge in [-0.3, -0.25) is 19.7 Å². The van der Waals surface area contributed by atoms with Crippen LogP contribution in [-0.2, 0) is 4.79 Å². The molecule has 1 aliphatic carbocycles. The second-order valence-corrected chi connectivity index (χ2v) is 5.96. The number of fused-ring (bicyclic) bond motifs is 1. The highest BCUT2D eigenvalue weighted by Crippen LogP contribution is 2.31. The van der Waals surface area contributed by atoms with Gasteiger partial charge in [-0.25, -0.2) is 4.99 Å². The van der Waals surface area contributed by atoms with Crippen molar-refractivity contribution in [3.05, 3.63) is 63.6 Å². The van der Waals surface area contributed by atoms with Crippen LogP contribution < -0.4 is 5.32 Å². The number of amides is 2. The van der Waals surface area contributed by atoms with Gasteiger partial charge in [0.25, 0.3) is 0 Å². The summed E-state index contributed by atoms with van der Waals surface area (Å²) in [6.07, 6.45) is 6.74. The van der Waals surface area contributed by atoms with Crippen molar-refractivity contribution in [2.24, 2.45) is 16.8 Å². The zero-order valence-electron chi connectivity index (χ0n) is 13.6. The minimum absolute atomic E-state index is 0.0588. The second kappa shape index (κ2) is 6.31. The van der Waals surface area contributed by atoms with Gasteiger partial charge in [-0.15, -0.1) is 0 Å². The molecule has 128 valence electrons. The van der Waals surface area contributed by atoms with E-state index < -0.39 is 16.7 Å². The summed E-state index contributed by atoms with van der Waals surface area (Å²) in [5.74, 6) is -1.54. The maximum atomic E-state index is 12.1. The van der Waals surface area contributed by atoms with Crippen molar-refractivity contribution < 1.29 is 18.9 Å². The minimum atomic E-state index is -0.732. The first-order valence-corrected chi connectivity index (χ1v) is 7.64. The molecular weight excluding hydrogens is 326 g/mol. The SMILES string of the molecule is CC(C)C1=CC(=O)NC2=CC(=NC(=O)c3ccc([N+](=O)[O-])o3)C=CC21. The van der Waals surface area contributed by atoms with Crippen molar-refractivity contribution in [2.75, 3.05) is 0 Å². The van der Waals surface area contributed by atoms with Gasteiger partial charge in [0.2, 0.25) is 11.7 Å². The Morgan fingerprint density at radius 3 is 2.76 bits per heavy atom. The Morgan fingerprint density at radius 1 is 1.36 bits per heavy atom. The van der Waals surface area contributed by atoms with E-state index in [1.54, 1.807) is 18.2 Å². The number of rotatable bonds is 3. The topological polar surface area (TPSA) is 115 Å². The predicted octanol–water partition coefficient (Wildman–Crippen LogP) is 2.55. The van der Waals surface area contributed by atoms with Crippen LogP contribution in [0.3, 0.4) is 0 Å². The average molecular weight is 341 g/mol. The molecule has 2 amide bonds. The molecule has 1 aromatic rings. The third-order valence-corrected chi connectivity index (χ3v) is 3.90. The molecule has 25 heavy (non-hydrogen) atoms. The van der Waals surface area contributed by atoms with Crippen LogP contribution in [0.2, 0.25) is 0 Å². The summed E-state index contributed by atoms with van der Waals surface area (Å²) in [6, 6.07) is 2.30. The van der Waals surface area contributed by atoms with Gasteiger partial charge in [0, 0.05) is 17.7 Å². The monoisotopic (exact) mass is 341 g/mol. The van der Waals surface area contributed by atoms with Crippen molar-refractivity contribution in [3.8, 4) is 0 Å². The van der Waals surface area contributed by atoms with E-state index in [9.17, 15) is 19.7 Å². The van der Waals surface area contributed by atoms with E-state index in [1.807, 2.05) is 19.9 Å². The highest BCUT2D eigenvalue weighted by atomic mass is 16.6. The summed E-state index contributed by atoms with van der Waals surface area (Å²) in [5, 5.41) is 13.4. The lowest BCUT2D eigenvalue weighted by Crippen LogP contribution is -2.34. The van der Waals surface area contributed by atoms with Gasteiger partial charge in [0.1, 0.15) is 4.92 Å². The molecule has 8 nitrogen and oxygen atoms in total. The van der Waals surface area contributed by atoms with Crippen molar-refractivity contribution in [2.45, 2.75) is 13.8 Å². The average Bonchev–Trinajstić information content (AvgIpc) is 3.04. The van der Waals surface area contributed by atoms with Crippen molar-refractivity contribution in [1.29, 1.82) is 0 Å². The normalized spacial score (nSPS) is 20.8. The van der Waals surface area contributed by atoms with Gasteiger partial charge in [-0.05, 0) is 29.7 Å². The van der Waals surface area contributed by atoms with E-state index in [-0.39, 0.29) is 23.5 Å². The van der Waals surface area contributed by atoms with E-state index in [1.165, 1.54) is 6.07 Å². The third-order valence-electron chi connectivity index (χ3n) is 3.90. The lowest BCUT2D eigenvalue weighted by atomic mass is 9.82. The molecule has 0 aromatic carbocycles. The van der Waals surface area contributed by atoms with E-state index in [0.29, 0.717) is 11.4 Å². The Kier molecular flexibility index (Phi) is 4.18. The third kappa shape index (κ3) is 3.32. The van der Waals surface area contributed by atoms with Gasteiger partial charge in [-0.2, -0.15) is 0 Å². The maximum absolute atomic E-state index is 12.1. The molecule has 1 atom stereocenters. The summed E-state index contributed by atoms with van der Waals surface area (Å²) in [4.78, 5) is 37.7. The first-order chi connectivity index (χ1) is 11.8. The van der Waals surface area contributed by atoms with Crippen LogP contribution in [0.15, 0.2) is 57.1 Å². The van der Waals surface area contributed by atoms with Crippen molar-refractivity contribution in [3.63, 3.8) is 0 Å². The van der Waals surface area contributed by atoms with Crippen LogP contribution in [0.4, 0.5) is 5.88 Å². The molecule has 1 unspecified atom stereocenters. The highest BCUT2D eigenvalue weighted by molar-refractivity contribution is 6.13. The molecular formula is C17H15N3O5. The maximum Gasteiger partial charge on any atom is 0.433 e. The quantitative estimate of drug-likeness (QED) is 0.670. The number of allylic oxidation sites excluding steroid dienone is 3. The van der Waals surface area contributed by atoms with Gasteiger partial charge >= 0.3 is 11.8 Å². The fourth-order valence-electron chi connectivity index (χ4n) is 2.73. The van der Waals surface area contributed by atoms with Crippen molar-refractivity contribution >= 4 is 23.4 Å². The fraction of sp³-hybridized carbons (Fsp3) is 0.235. The Bertz CT molecular complexity index is 886. The summed E-state index contributed by atoms with van der Waals surface area (Å²) in [6.45, 7) is 4.01. The van der Waals surface area contributed by atoms with Crippen LogP contribution in [0.5, 0.6) is 0 Å². The largest absolute Gasteiger partial charge is 0.433 e. The number of nitrogens with one attached hydrogen (secondary N) is 1. The van der Waals surface area contributed by atoms with E-state index >= 15 is 0 Å². The number of hydrogen-bond acceptors (Lipinski definition) is 5. The van der Waals surface area contributed by atoms with Crippen LogP contribution in [-0.4, -0.2) is 22.4 Å². The lowest BCUT2D eigenvalue weighted by Gasteiger charge is -2.29. The molecule has 0 bridgehead atoms. The minimum Gasteiger partial charge on any atom is -0.395 e. The first-order valence-electron chi connectivity index (χ1n) is 7.64. The molecule has 1 aliphatic heterocycles. The summed E-state index contributed by atoms with van der Waals surface area (Å²) in [5.41, 5.74) is 1.97. The number of furan rings is 1. The fourth-order valence-corrected chi connectivity index (χ4v) is 2.73. The van der Waals surface area contributed by atoms with E-state index in [2.05, 4.69) is 10.3 Å². The van der Waals surface area contributed by atoms with Gasteiger partial charge < -0.3 is 9.73 Å². The van der Waals surface area contributed by atoms with Crippen LogP contribution in [0, 0.1) is 22.0 Å². The van der Waals surface area contributed by atoms with Crippen LogP contribution >= 0.6 is 0 Å². The van der Waals surface area contributed by atoms with Crippen molar-refractivity contribution in [1.82, 2.24) is 5.32 Å². The Balaban J connectivity index is 1.86. The van der Waals surface area contributed by atoms with Crippen LogP contribution in [0.25, 0.3) is 0 Å². The van der Waals surface area contributed by atoms with E-state index in [0.717, 1.165) is 11.6 Å². The van der Waals surface area contributed by atoms with E-state index in [4.69, 9.17) is 4.42 Å². The molecule has 0 saturated heterocycles. The first kappa shape index (κ1) is 16.6.